The molecule has 2 aromatic carbocycles. The second-order valence-corrected chi connectivity index (χ2v) is 8.11. The summed E-state index contributed by atoms with van der Waals surface area (Å²) in [6.45, 7) is 2.18. The SMILES string of the molecule is Cc1cc2c(cc1-c1cncc[n+]1C)[Se]c1ccccc1N2C. The van der Waals surface area contributed by atoms with Gasteiger partial charge in [-0.05, 0) is 0 Å². The van der Waals surface area contributed by atoms with Crippen LogP contribution in [0.3, 0.4) is 0 Å². The van der Waals surface area contributed by atoms with Crippen LogP contribution in [-0.2, 0) is 7.05 Å². The van der Waals surface area contributed by atoms with Crippen LogP contribution in [-0.4, -0.2) is 27.0 Å². The number of anilines is 2. The third-order valence-electron chi connectivity index (χ3n) is 4.34. The standard InChI is InChI=1S/C19H18N3Se/c1-13-10-16-19(11-14(13)17-12-20-8-9-21(17)2)23-18-7-5-4-6-15(18)22(16)3/h4-12H,1-3H3/q+1. The molecule has 0 N–H and O–H groups in total. The molecule has 1 aliphatic heterocycles. The molecule has 2 heterocycles. The molecule has 0 bridgehead atoms. The van der Waals surface area contributed by atoms with Crippen molar-refractivity contribution in [2.24, 2.45) is 7.05 Å². The zero-order chi connectivity index (χ0) is 16.0. The first kappa shape index (κ1) is 14.4. The molecule has 0 spiro atoms. The molecule has 0 radical (unpaired) electrons. The van der Waals surface area contributed by atoms with Crippen LogP contribution >= 0.6 is 0 Å². The molecule has 3 nitrogen and oxygen atoms in total. The van der Waals surface area contributed by atoms with Crippen LogP contribution < -0.4 is 18.4 Å². The van der Waals surface area contributed by atoms with Crippen molar-refractivity contribution >= 4 is 35.3 Å². The van der Waals surface area contributed by atoms with E-state index in [1.54, 1.807) is 0 Å². The summed E-state index contributed by atoms with van der Waals surface area (Å²) in [5.41, 5.74) is 6.38. The monoisotopic (exact) mass is 368 g/mol. The van der Waals surface area contributed by atoms with Gasteiger partial charge in [-0.3, -0.25) is 0 Å². The summed E-state index contributed by atoms with van der Waals surface area (Å²) in [6.07, 6.45) is 5.77. The van der Waals surface area contributed by atoms with E-state index in [0.717, 1.165) is 5.69 Å². The van der Waals surface area contributed by atoms with Gasteiger partial charge in [-0.2, -0.15) is 0 Å². The molecule has 114 valence electrons. The molecule has 0 saturated heterocycles. The maximum atomic E-state index is 4.30. The van der Waals surface area contributed by atoms with E-state index in [4.69, 9.17) is 0 Å². The Morgan fingerprint density at radius 3 is 2.74 bits per heavy atom. The number of nitrogens with zero attached hydrogens (tertiary/aromatic N) is 3. The van der Waals surface area contributed by atoms with Gasteiger partial charge in [0.2, 0.25) is 0 Å². The molecule has 0 amide bonds. The van der Waals surface area contributed by atoms with Gasteiger partial charge in [-0.15, -0.1) is 0 Å². The molecule has 1 aliphatic rings. The van der Waals surface area contributed by atoms with Gasteiger partial charge in [0.15, 0.2) is 0 Å². The Labute approximate surface area is 142 Å². The van der Waals surface area contributed by atoms with E-state index in [0.29, 0.717) is 15.0 Å². The molecule has 0 aliphatic carbocycles. The first-order chi connectivity index (χ1) is 11.1. The first-order valence-corrected chi connectivity index (χ1v) is 9.32. The van der Waals surface area contributed by atoms with Crippen molar-refractivity contribution in [1.29, 1.82) is 0 Å². The van der Waals surface area contributed by atoms with E-state index >= 15 is 0 Å². The topological polar surface area (TPSA) is 20.0 Å². The average molecular weight is 367 g/mol. The van der Waals surface area contributed by atoms with Gasteiger partial charge in [0.1, 0.15) is 0 Å². The van der Waals surface area contributed by atoms with Gasteiger partial charge < -0.3 is 0 Å². The van der Waals surface area contributed by atoms with Crippen molar-refractivity contribution < 1.29 is 4.57 Å². The summed E-state index contributed by atoms with van der Waals surface area (Å²) in [5.74, 6) is 0. The van der Waals surface area contributed by atoms with Crippen molar-refractivity contribution in [1.82, 2.24) is 4.98 Å². The van der Waals surface area contributed by atoms with Crippen molar-refractivity contribution in [2.75, 3.05) is 11.9 Å². The zero-order valence-electron chi connectivity index (χ0n) is 13.4. The maximum absolute atomic E-state index is 4.30. The van der Waals surface area contributed by atoms with Gasteiger partial charge in [0.25, 0.3) is 0 Å². The summed E-state index contributed by atoms with van der Waals surface area (Å²) in [5, 5.41) is 0. The molecule has 1 aromatic heterocycles. The van der Waals surface area contributed by atoms with Gasteiger partial charge >= 0.3 is 143 Å². The Morgan fingerprint density at radius 2 is 1.91 bits per heavy atom. The van der Waals surface area contributed by atoms with Crippen LogP contribution in [0.5, 0.6) is 0 Å². The molecular formula is C19H18N3Se+. The van der Waals surface area contributed by atoms with Crippen LogP contribution in [0.25, 0.3) is 11.3 Å². The molecule has 0 atom stereocenters. The van der Waals surface area contributed by atoms with E-state index in [1.807, 2.05) is 18.6 Å². The number of para-hydroxylation sites is 1. The zero-order valence-corrected chi connectivity index (χ0v) is 15.2. The predicted molar refractivity (Wildman–Crippen MR) is 95.1 cm³/mol. The molecule has 0 unspecified atom stereocenters. The molecular weight excluding hydrogens is 349 g/mol. The molecule has 0 saturated carbocycles. The number of fused-ring (bicyclic) bond motifs is 2. The van der Waals surface area contributed by atoms with Crippen molar-refractivity contribution in [3.05, 3.63) is 60.6 Å². The Hall–Kier alpha value is -2.16. The van der Waals surface area contributed by atoms with Crippen LogP contribution in [0.1, 0.15) is 5.56 Å². The predicted octanol–water partition coefficient (Wildman–Crippen LogP) is 1.62. The molecule has 3 aromatic rings. The van der Waals surface area contributed by atoms with E-state index < -0.39 is 0 Å². The fourth-order valence-corrected chi connectivity index (χ4v) is 5.50. The molecule has 0 fully saturated rings. The number of aryl methyl sites for hydroxylation is 2. The Morgan fingerprint density at radius 1 is 1.09 bits per heavy atom. The van der Waals surface area contributed by atoms with Crippen LogP contribution in [0.15, 0.2) is 55.0 Å². The first-order valence-electron chi connectivity index (χ1n) is 7.60. The Balaban J connectivity index is 1.89. The number of hydrogen-bond acceptors (Lipinski definition) is 2. The van der Waals surface area contributed by atoms with E-state index in [9.17, 15) is 0 Å². The molecule has 23 heavy (non-hydrogen) atoms. The normalized spacial score (nSPS) is 12.7. The second kappa shape index (κ2) is 5.48. The number of hydrogen-bond donors (Lipinski definition) is 0. The third-order valence-corrected chi connectivity index (χ3v) is 6.68. The number of aromatic nitrogens is 2. The second-order valence-electron chi connectivity index (χ2n) is 5.84. The van der Waals surface area contributed by atoms with Crippen molar-refractivity contribution in [3.8, 4) is 11.3 Å². The minimum atomic E-state index is 0.335. The summed E-state index contributed by atoms with van der Waals surface area (Å²) < 4.78 is 5.01. The Kier molecular flexibility index (Phi) is 3.44. The minimum absolute atomic E-state index is 0.335. The third kappa shape index (κ3) is 2.35. The number of benzene rings is 2. The fraction of sp³-hybridized carbons (Fsp3) is 0.158. The van der Waals surface area contributed by atoms with Crippen LogP contribution in [0.4, 0.5) is 11.4 Å². The van der Waals surface area contributed by atoms with E-state index in [-0.39, 0.29) is 0 Å². The van der Waals surface area contributed by atoms with Crippen molar-refractivity contribution in [3.63, 3.8) is 0 Å². The molecule has 4 heteroatoms. The summed E-state index contributed by atoms with van der Waals surface area (Å²) in [4.78, 5) is 6.62. The fourth-order valence-electron chi connectivity index (χ4n) is 3.04. The van der Waals surface area contributed by atoms with Crippen molar-refractivity contribution in [2.45, 2.75) is 6.92 Å². The summed E-state index contributed by atoms with van der Waals surface area (Å²) >= 11 is 0.335. The average Bonchev–Trinajstić information content (AvgIpc) is 2.56. The quantitative estimate of drug-likeness (QED) is 0.481. The molecule has 4 rings (SSSR count). The number of rotatable bonds is 1. The van der Waals surface area contributed by atoms with E-state index in [1.165, 1.54) is 31.4 Å². The Bertz CT molecular complexity index is 905. The van der Waals surface area contributed by atoms with Crippen LogP contribution in [0.2, 0.25) is 0 Å². The van der Waals surface area contributed by atoms with Gasteiger partial charge in [-0.1, -0.05) is 0 Å². The summed E-state index contributed by atoms with van der Waals surface area (Å²) in [6, 6.07) is 13.4. The van der Waals surface area contributed by atoms with Gasteiger partial charge in [-0.25, -0.2) is 0 Å². The van der Waals surface area contributed by atoms with Crippen LogP contribution in [0, 0.1) is 6.92 Å². The van der Waals surface area contributed by atoms with Gasteiger partial charge in [0, 0.05) is 0 Å². The summed E-state index contributed by atoms with van der Waals surface area (Å²) in [7, 11) is 4.23. The van der Waals surface area contributed by atoms with Gasteiger partial charge in [0.05, 0.1) is 0 Å². The van der Waals surface area contributed by atoms with E-state index in [2.05, 4.69) is 71.9 Å².